The molecule has 7 atom stereocenters. The van der Waals surface area contributed by atoms with E-state index in [9.17, 15) is 37.1 Å². The molecule has 7 aliphatic rings. The lowest BCUT2D eigenvalue weighted by Crippen LogP contribution is -2.42. The first-order valence-electron chi connectivity index (χ1n) is 82.8. The summed E-state index contributed by atoms with van der Waals surface area (Å²) in [4.78, 5) is 4.95. The summed E-state index contributed by atoms with van der Waals surface area (Å²) in [6, 6.07) is 36.1. The van der Waals surface area contributed by atoms with Crippen molar-refractivity contribution in [2.24, 2.45) is 0 Å². The molecule has 7 N–H and O–H groups in total. The second-order valence-corrected chi connectivity index (χ2v) is 36.1. The largest absolute Gasteiger partial charge is 0.497 e. The molecule has 0 aromatic heterocycles. The van der Waals surface area contributed by atoms with Gasteiger partial charge in [0.15, 0.2) is 0 Å². The molecule has 140 heavy (non-hydrogen) atoms. The Balaban J connectivity index is 0.000000295. The fourth-order valence-corrected chi connectivity index (χ4v) is 17.9. The maximum Gasteiger partial charge on any atom is 0.118 e. The summed E-state index contributed by atoms with van der Waals surface area (Å²) in [6.07, 6.45) is -24.3. The second-order valence-electron chi connectivity index (χ2n) is 36.1. The van der Waals surface area contributed by atoms with E-state index in [1.54, 1.807) is 14.1 Å². The average Bonchev–Trinajstić information content (AvgIpc) is 0.653. The van der Waals surface area contributed by atoms with Crippen molar-refractivity contribution >= 4 is 0 Å². The smallest absolute Gasteiger partial charge is 0.118 e. The molecule has 0 bridgehead atoms. The van der Waals surface area contributed by atoms with Crippen molar-refractivity contribution in [2.75, 3.05) is 193 Å². The number of benzene rings is 7. The van der Waals surface area contributed by atoms with Gasteiger partial charge in [0.1, 0.15) is 40.2 Å². The van der Waals surface area contributed by atoms with Gasteiger partial charge in [-0.3, -0.25) is 0 Å². The van der Waals surface area contributed by atoms with Crippen LogP contribution in [0.15, 0.2) is 170 Å². The number of ether oxygens (including phenoxy) is 7. The molecule has 21 heteroatoms. The van der Waals surface area contributed by atoms with Gasteiger partial charge in [0, 0.05) is 158 Å². The predicted octanol–water partition coefficient (Wildman–Crippen LogP) is 21.2. The molecule has 7 unspecified atom stereocenters. The van der Waals surface area contributed by atoms with Gasteiger partial charge in [-0.15, -0.1) is 0 Å². The molecule has 7 fully saturated rings. The molecular formula is C119H189N7O14. The highest BCUT2D eigenvalue weighted by molar-refractivity contribution is 5.38. The summed E-state index contributed by atoms with van der Waals surface area (Å²) in [6.45, 7) is -31.3. The van der Waals surface area contributed by atoms with Crippen molar-refractivity contribution in [3.63, 3.8) is 0 Å². The molecule has 0 spiro atoms. The van der Waals surface area contributed by atoms with Crippen molar-refractivity contribution in [1.29, 1.82) is 0 Å². The van der Waals surface area contributed by atoms with Gasteiger partial charge in [0.05, 0.1) is 117 Å². The third kappa shape index (κ3) is 36.7. The van der Waals surface area contributed by atoms with Crippen LogP contribution in [0.4, 0.5) is 0 Å². The van der Waals surface area contributed by atoms with Crippen LogP contribution in [0.5, 0.6) is 40.2 Å². The molecule has 14 rings (SSSR count). The number of hydrogen-bond donors (Lipinski definition) is 7. The van der Waals surface area contributed by atoms with Gasteiger partial charge in [0.2, 0.25) is 0 Å². The fraction of sp³-hybridized carbons (Fsp3) is 0.647. The molecule has 0 amide bonds. The van der Waals surface area contributed by atoms with Crippen molar-refractivity contribution in [1.82, 2.24) is 34.3 Å². The first-order valence-corrected chi connectivity index (χ1v) is 46.3. The van der Waals surface area contributed by atoms with Crippen LogP contribution in [0, 0.1) is 0 Å². The highest BCUT2D eigenvalue weighted by Crippen LogP contribution is 2.49. The van der Waals surface area contributed by atoms with Crippen LogP contribution in [-0.4, -0.2) is 302 Å². The average molecular weight is 2020 g/mol. The molecule has 7 aromatic carbocycles. The number of methoxy groups -OCH3 is 7. The summed E-state index contributed by atoms with van der Waals surface area (Å²) in [7, 11) is -9.18. The number of nitrogens with zero attached hydrogens (tertiary/aromatic N) is 7. The number of rotatable bonds is 35. The van der Waals surface area contributed by atoms with E-state index in [2.05, 4.69) is 0 Å². The fourth-order valence-electron chi connectivity index (χ4n) is 17.9. The Hall–Kier alpha value is -7.42. The minimum Gasteiger partial charge on any atom is -0.497 e. The van der Waals surface area contributed by atoms with Gasteiger partial charge in [-0.05, 0) is 312 Å². The molecule has 7 saturated carbocycles. The standard InChI is InChI=1S/7C17H27NO2/c7*1-18(2)13-16(17(19)11-5-4-6-12-17)14-7-9-15(20-3)10-8-14/h7*7-10,16,19H,4-6,11-13H2,1-3H3/i1D3,3D3,4D2,5D2,6D2,11D2,12D2;3D3,4D2,5D2,6D2,11D2,12D2;1D3,2D3,3D3,13D2,16D;1D3,3D3,13D2,16D;1D3,2D3,3D3,16D;3D3,13D2,16D;1D3,3D3,16D. The minimum absolute atomic E-state index is 0.00327. The topological polar surface area (TPSA) is 229 Å². The zero-order valence-corrected chi connectivity index (χ0v) is 80.4. The Kier molecular flexibility index (Phi) is 21.3. The van der Waals surface area contributed by atoms with E-state index in [4.69, 9.17) is 132 Å². The van der Waals surface area contributed by atoms with Crippen molar-refractivity contribution in [2.45, 2.75) is 305 Å². The summed E-state index contributed by atoms with van der Waals surface area (Å²) < 4.78 is 606. The number of aliphatic hydroxyl groups is 7. The minimum atomic E-state index is -3.81. The molecule has 0 radical (unpaired) electrons. The van der Waals surface area contributed by atoms with Crippen molar-refractivity contribution in [3.05, 3.63) is 209 Å². The Morgan fingerprint density at radius 2 is 0.436 bits per heavy atom. The summed E-state index contributed by atoms with van der Waals surface area (Å²) in [5.41, 5.74) is -14.9. The second kappa shape index (κ2) is 58.7. The van der Waals surface area contributed by atoms with E-state index >= 15 is 0 Å². The van der Waals surface area contributed by atoms with Gasteiger partial charge in [0.25, 0.3) is 0 Å². The molecule has 21 nitrogen and oxygen atoms in total. The predicted molar refractivity (Wildman–Crippen MR) is 576 cm³/mol. The lowest BCUT2D eigenvalue weighted by molar-refractivity contribution is -0.0280. The van der Waals surface area contributed by atoms with Crippen LogP contribution >= 0.6 is 0 Å². The normalized spacial score (nSPS) is 33.9. The first-order chi connectivity index (χ1) is 95.1. The highest BCUT2D eigenvalue weighted by atomic mass is 16.5. The molecule has 0 heterocycles. The zero-order valence-electron chi connectivity index (χ0n) is 153. The number of hydrogen-bond acceptors (Lipinski definition) is 21. The SMILES string of the molecule is [2H]C([2H])([2H])Oc1ccc(C(CN(C)C([2H])([2H])[2H])C2(O)C([2H])([2H])C([2H])([2H])C([2H])([2H])C([2H])([2H])C2([2H])[2H])cc1.[2H]C([2H])([2H])Oc1ccc(C(CN(C)C)C2(O)C([2H])([2H])C([2H])([2H])C([2H])([2H])C([2H])([2H])C2([2H])[2H])cc1.[2H]C([2H])([2H])Oc1ccc(C([2H])(C2(O)CCCCC2)C([2H])([2H])N(C([2H])([2H])[2H])C([2H])([2H])[2H])cc1.[2H]C([2H])([2H])Oc1ccc(C([2H])(C2(O)CCCCC2)C([2H])([2H])N(C)C([2H])([2H])[2H])cc1.[2H]C([2H])([2H])Oc1ccc(C([2H])(C2(O)CCCCC2)C([2H])([2H])N(C)C)cc1.[2H]C([2H])([2H])Oc1ccc(C([2H])(CN(C([2H])([2H])[2H])C([2H])([2H])[2H])C2(O)CCCCC2)cc1.[2H]C([2H])([2H])Oc1ccc(C([2H])(CN(C)C([2H])([2H])[2H])C2(O)CCCCC2)cc1. The molecule has 0 saturated heterocycles. The third-order valence-corrected chi connectivity index (χ3v) is 25.0. The lowest BCUT2D eigenvalue weighted by atomic mass is 9.72. The molecule has 7 aromatic rings. The monoisotopic (exact) mass is 2010 g/mol. The highest BCUT2D eigenvalue weighted by Gasteiger charge is 2.46. The van der Waals surface area contributed by atoms with Crippen LogP contribution in [0.3, 0.4) is 0 Å². The maximum absolute atomic E-state index is 11.8. The van der Waals surface area contributed by atoms with E-state index in [1.165, 1.54) is 152 Å². The molecule has 0 aliphatic heterocycles. The summed E-state index contributed by atoms with van der Waals surface area (Å²) >= 11 is 0. The van der Waals surface area contributed by atoms with E-state index in [0.29, 0.717) is 85.1 Å². The first kappa shape index (κ1) is 50.8. The van der Waals surface area contributed by atoms with E-state index < -0.39 is 275 Å². The third-order valence-electron chi connectivity index (χ3n) is 25.0. The summed E-state index contributed by atoms with van der Waals surface area (Å²) in [5.74, 6) is -14.3. The Bertz CT molecular complexity index is 7660. The lowest BCUT2D eigenvalue weighted by Gasteiger charge is -2.40. The van der Waals surface area contributed by atoms with Crippen LogP contribution in [0.25, 0.3) is 0 Å². The molecule has 7 aliphatic carbocycles. The Labute approximate surface area is 949 Å². The molecule has 784 valence electrons. The van der Waals surface area contributed by atoms with Gasteiger partial charge in [-0.1, -0.05) is 219 Å². The quantitative estimate of drug-likeness (QED) is 0.0196. The van der Waals surface area contributed by atoms with Crippen LogP contribution in [-0.2, 0) is 0 Å². The maximum atomic E-state index is 11.8. The van der Waals surface area contributed by atoms with Crippen molar-refractivity contribution in [3.8, 4) is 40.2 Å². The van der Waals surface area contributed by atoms with Crippen LogP contribution in [0.1, 0.15) is 405 Å². The van der Waals surface area contributed by atoms with E-state index in [0.717, 1.165) is 125 Å². The number of likely N-dealkylation sites (N-methyl/N-ethyl adjacent to an activating group) is 7. The Morgan fingerprint density at radius 1 is 0.236 bits per heavy atom. The van der Waals surface area contributed by atoms with Gasteiger partial charge >= 0.3 is 0 Å². The zero-order chi connectivity index (χ0) is 165. The van der Waals surface area contributed by atoms with Crippen molar-refractivity contribution < 1.29 is 169 Å². The van der Waals surface area contributed by atoms with Crippen LogP contribution < -0.4 is 33.2 Å². The van der Waals surface area contributed by atoms with Crippen LogP contribution in [0.2, 0.25) is 0 Å². The molecular weight excluding hydrogens is 1750 g/mol. The van der Waals surface area contributed by atoms with Gasteiger partial charge in [-0.25, -0.2) is 0 Å². The Morgan fingerprint density at radius 3 is 0.664 bits per heavy atom. The summed E-state index contributed by atoms with van der Waals surface area (Å²) in [5, 5.41) is 80.3. The van der Waals surface area contributed by atoms with Gasteiger partial charge < -0.3 is 103 Å². The van der Waals surface area contributed by atoms with E-state index in [-0.39, 0.29) is 129 Å². The van der Waals surface area contributed by atoms with Gasteiger partial charge in [-0.2, -0.15) is 0 Å². The van der Waals surface area contributed by atoms with E-state index in [1.807, 2.05) is 0 Å².